The Morgan fingerprint density at radius 3 is 0.839 bits per heavy atom. The molecule has 0 amide bonds. The highest BCUT2D eigenvalue weighted by Crippen LogP contribution is 2.47. The van der Waals surface area contributed by atoms with Crippen LogP contribution in [-0.2, 0) is 18.9 Å². The number of hydrogen-bond donors (Lipinski definition) is 11. The molecule has 8 bridgehead atoms. The van der Waals surface area contributed by atoms with E-state index in [4.69, 9.17) is 18.9 Å². The highest BCUT2D eigenvalue weighted by molar-refractivity contribution is 5.11. The molecule has 9 aliphatic rings. The second-order valence-corrected chi connectivity index (χ2v) is 18.7. The third-order valence-electron chi connectivity index (χ3n) is 15.7. The average molecular weight is 791 g/mol. The smallest absolute Gasteiger partial charge is 0.0701 e. The van der Waals surface area contributed by atoms with Gasteiger partial charge in [-0.25, -0.2) is 0 Å². The average Bonchev–Trinajstić information content (AvgIpc) is 3.96. The molecule has 5 aliphatic heterocycles. The van der Waals surface area contributed by atoms with Crippen molar-refractivity contribution in [2.24, 2.45) is 47.3 Å². The zero-order valence-electron chi connectivity index (χ0n) is 33.7. The molecule has 9 fully saturated rings. The van der Waals surface area contributed by atoms with Crippen LogP contribution in [0, 0.1) is 47.3 Å². The summed E-state index contributed by atoms with van der Waals surface area (Å²) < 4.78 is 26.1. The van der Waals surface area contributed by atoms with Gasteiger partial charge in [0, 0.05) is 30.3 Å². The van der Waals surface area contributed by atoms with Gasteiger partial charge in [0.25, 0.3) is 0 Å². The maximum Gasteiger partial charge on any atom is 0.0701 e. The first-order valence-corrected chi connectivity index (χ1v) is 23.0. The summed E-state index contributed by atoms with van der Waals surface area (Å²) in [5.74, 6) is 2.56. The summed E-state index contributed by atoms with van der Waals surface area (Å²) in [5, 5.41) is 62.9. The lowest BCUT2D eigenvalue weighted by atomic mass is 9.74. The van der Waals surface area contributed by atoms with Crippen LogP contribution in [0.2, 0.25) is 0 Å². The Hall–Kier alpha value is -0.600. The molecule has 0 spiro atoms. The predicted molar refractivity (Wildman–Crippen MR) is 209 cm³/mol. The fourth-order valence-corrected chi connectivity index (χ4v) is 13.7. The highest BCUT2D eigenvalue weighted by Gasteiger charge is 2.58. The summed E-state index contributed by atoms with van der Waals surface area (Å²) in [6.07, 6.45) is 14.9. The Balaban J connectivity index is 1.08. The van der Waals surface area contributed by atoms with E-state index in [1.165, 1.54) is 0 Å². The molecule has 5 saturated heterocycles. The van der Waals surface area contributed by atoms with E-state index < -0.39 is 0 Å². The van der Waals surface area contributed by atoms with Crippen molar-refractivity contribution < 1.29 is 34.3 Å². The molecule has 0 aromatic heterocycles. The van der Waals surface area contributed by atoms with Gasteiger partial charge in [-0.15, -0.1) is 0 Å². The molecule has 5 heterocycles. The van der Waals surface area contributed by atoms with Gasteiger partial charge in [-0.05, 0) is 81.5 Å². The van der Waals surface area contributed by atoms with E-state index in [9.17, 15) is 15.3 Å². The Bertz CT molecular complexity index is 1080. The van der Waals surface area contributed by atoms with Gasteiger partial charge in [-0.3, -0.25) is 42.5 Å². The molecule has 11 N–H and O–H groups in total. The highest BCUT2D eigenvalue weighted by atomic mass is 16.5. The lowest BCUT2D eigenvalue weighted by molar-refractivity contribution is -0.0565. The number of fused-ring (bicyclic) bond motifs is 20. The van der Waals surface area contributed by atoms with Gasteiger partial charge >= 0.3 is 0 Å². The van der Waals surface area contributed by atoms with Gasteiger partial charge < -0.3 is 34.3 Å². The van der Waals surface area contributed by atoms with Gasteiger partial charge in [0.1, 0.15) is 0 Å². The minimum atomic E-state index is 0.0112. The summed E-state index contributed by atoms with van der Waals surface area (Å²) in [7, 11) is 0. The second-order valence-electron chi connectivity index (χ2n) is 18.7. The molecule has 0 aromatic carbocycles. The predicted octanol–water partition coefficient (Wildman–Crippen LogP) is -0.0271. The quantitative estimate of drug-likeness (QED) is 0.126. The molecule has 4 aliphatic carbocycles. The monoisotopic (exact) mass is 791 g/mol. The van der Waals surface area contributed by atoms with Crippen molar-refractivity contribution >= 4 is 0 Å². The molecule has 9 rings (SSSR count). The zero-order valence-corrected chi connectivity index (χ0v) is 33.7. The Kier molecular flexibility index (Phi) is 13.5. The van der Waals surface area contributed by atoms with Crippen LogP contribution in [0.25, 0.3) is 0 Å². The molecule has 0 aromatic rings. The first kappa shape index (κ1) is 40.8. The van der Waals surface area contributed by atoms with Crippen molar-refractivity contribution in [3.63, 3.8) is 0 Å². The van der Waals surface area contributed by atoms with Crippen molar-refractivity contribution in [2.45, 2.75) is 164 Å². The molecular formula is C41H74N8O7. The van der Waals surface area contributed by atoms with E-state index in [-0.39, 0.29) is 111 Å². The van der Waals surface area contributed by atoms with Crippen molar-refractivity contribution in [3.8, 4) is 0 Å². The molecule has 20 atom stereocenters. The van der Waals surface area contributed by atoms with Crippen LogP contribution in [0.1, 0.15) is 90.4 Å². The van der Waals surface area contributed by atoms with Crippen molar-refractivity contribution in [1.29, 1.82) is 0 Å². The topological polar surface area (TPSA) is 194 Å². The molecular weight excluding hydrogens is 716 g/mol. The van der Waals surface area contributed by atoms with Gasteiger partial charge in [-0.2, -0.15) is 0 Å². The molecule has 320 valence electrons. The lowest BCUT2D eigenvalue weighted by Crippen LogP contribution is -2.62. The van der Waals surface area contributed by atoms with Crippen molar-refractivity contribution in [3.05, 3.63) is 0 Å². The van der Waals surface area contributed by atoms with E-state index in [1.54, 1.807) is 0 Å². The number of aliphatic hydroxyl groups is 3. The minimum absolute atomic E-state index is 0.0112. The second kappa shape index (κ2) is 18.6. The molecule has 4 saturated carbocycles. The SMILES string of the molecule is CCCOC1CCCC2C3NC(NC4NC(NC5NC(NC6NC(N3)C3C(OCCO)CCCC63)C3C(OCCO)CCCC53)C3C(OCCO)CCCC43)C12. The summed E-state index contributed by atoms with van der Waals surface area (Å²) in [4.78, 5) is 0. The van der Waals surface area contributed by atoms with E-state index in [2.05, 4.69) is 49.5 Å². The number of hydrogen-bond acceptors (Lipinski definition) is 15. The van der Waals surface area contributed by atoms with E-state index in [1.807, 2.05) is 0 Å². The third-order valence-corrected chi connectivity index (χ3v) is 15.7. The number of nitrogens with one attached hydrogen (secondary N) is 8. The zero-order chi connectivity index (χ0) is 38.2. The Labute approximate surface area is 334 Å². The number of ether oxygens (including phenoxy) is 4. The summed E-state index contributed by atoms with van der Waals surface area (Å²) in [6.45, 7) is 4.17. The number of aliphatic hydroxyl groups excluding tert-OH is 3. The van der Waals surface area contributed by atoms with Crippen LogP contribution >= 0.6 is 0 Å². The van der Waals surface area contributed by atoms with Crippen LogP contribution in [-0.4, -0.2) is 135 Å². The fourth-order valence-electron chi connectivity index (χ4n) is 13.7. The summed E-state index contributed by atoms with van der Waals surface area (Å²) in [5.41, 5.74) is 0. The third kappa shape index (κ3) is 8.00. The fraction of sp³-hybridized carbons (Fsp3) is 1.00. The van der Waals surface area contributed by atoms with Crippen LogP contribution in [0.3, 0.4) is 0 Å². The Morgan fingerprint density at radius 1 is 0.357 bits per heavy atom. The maximum atomic E-state index is 9.83. The first-order chi connectivity index (χ1) is 27.6. The molecule has 0 radical (unpaired) electrons. The van der Waals surface area contributed by atoms with Crippen LogP contribution in [0.15, 0.2) is 0 Å². The number of rotatable bonds is 12. The molecule has 15 nitrogen and oxygen atoms in total. The summed E-state index contributed by atoms with van der Waals surface area (Å²) in [6, 6.07) is 0. The standard InChI is InChI=1S/C41H74N8O7/c1-2-18-53-26-11-3-7-22-30(26)38-42-34(22)44-39-32-24(9-5-13-28(32)55-20-16-51)36(46-39)48-41-33-25(10-6-14-29(33)56-21-17-52)37(49-41)47-40-31-23(35(43-38)45-40)8-4-12-27(31)54-19-15-50/h22-52H,2-21H2,1H3. The molecule has 20 unspecified atom stereocenters. The van der Waals surface area contributed by atoms with Crippen molar-refractivity contribution in [1.82, 2.24) is 42.5 Å². The van der Waals surface area contributed by atoms with Gasteiger partial charge in [0.15, 0.2) is 0 Å². The Morgan fingerprint density at radius 2 is 0.607 bits per heavy atom. The van der Waals surface area contributed by atoms with Gasteiger partial charge in [0.05, 0.1) is 113 Å². The normalized spacial score (nSPS) is 49.9. The largest absolute Gasteiger partial charge is 0.394 e. The molecule has 56 heavy (non-hydrogen) atoms. The molecule has 15 heteroatoms. The van der Waals surface area contributed by atoms with E-state index in [0.29, 0.717) is 49.4 Å². The van der Waals surface area contributed by atoms with Gasteiger partial charge in [0.2, 0.25) is 0 Å². The van der Waals surface area contributed by atoms with Crippen LogP contribution in [0.5, 0.6) is 0 Å². The van der Waals surface area contributed by atoms with Crippen molar-refractivity contribution in [2.75, 3.05) is 46.2 Å². The van der Waals surface area contributed by atoms with Crippen LogP contribution < -0.4 is 42.5 Å². The minimum Gasteiger partial charge on any atom is -0.394 e. The maximum absolute atomic E-state index is 9.83. The lowest BCUT2D eigenvalue weighted by Gasteiger charge is -2.41. The van der Waals surface area contributed by atoms with Gasteiger partial charge in [-0.1, -0.05) is 32.6 Å². The summed E-state index contributed by atoms with van der Waals surface area (Å²) >= 11 is 0. The first-order valence-electron chi connectivity index (χ1n) is 23.0. The van der Waals surface area contributed by atoms with E-state index in [0.717, 1.165) is 90.1 Å². The van der Waals surface area contributed by atoms with E-state index >= 15 is 0 Å². The van der Waals surface area contributed by atoms with Crippen LogP contribution in [0.4, 0.5) is 0 Å².